The summed E-state index contributed by atoms with van der Waals surface area (Å²) >= 11 is 0. The van der Waals surface area contributed by atoms with Crippen LogP contribution in [-0.2, 0) is 9.59 Å². The molecule has 0 heterocycles. The molecule has 0 aliphatic heterocycles. The van der Waals surface area contributed by atoms with Crippen molar-refractivity contribution in [3.05, 3.63) is 0 Å². The summed E-state index contributed by atoms with van der Waals surface area (Å²) in [6, 6.07) is 0.177. The number of nitrogens with zero attached hydrogens (tertiary/aromatic N) is 1. The molecular formula is C30H57NO2. The summed E-state index contributed by atoms with van der Waals surface area (Å²) in [7, 11) is 0. The SMILES string of the molecule is CCCCCCCCCCCC(=O)N(C(=O)CCCCCCCCCCC)C1CCCCC1. The summed E-state index contributed by atoms with van der Waals surface area (Å²) in [4.78, 5) is 27.8. The number of rotatable bonds is 21. The van der Waals surface area contributed by atoms with Gasteiger partial charge in [0.25, 0.3) is 0 Å². The van der Waals surface area contributed by atoms with Gasteiger partial charge in [-0.15, -0.1) is 0 Å². The molecule has 194 valence electrons. The minimum atomic E-state index is 0.116. The molecule has 0 N–H and O–H groups in total. The topological polar surface area (TPSA) is 37.4 Å². The van der Waals surface area contributed by atoms with Gasteiger partial charge in [-0.05, 0) is 25.7 Å². The number of hydrogen-bond acceptors (Lipinski definition) is 2. The highest BCUT2D eigenvalue weighted by molar-refractivity contribution is 5.95. The van der Waals surface area contributed by atoms with Crippen LogP contribution < -0.4 is 0 Å². The summed E-state index contributed by atoms with van der Waals surface area (Å²) in [5, 5.41) is 0. The van der Waals surface area contributed by atoms with Crippen LogP contribution in [0.1, 0.15) is 174 Å². The average molecular weight is 464 g/mol. The van der Waals surface area contributed by atoms with Crippen molar-refractivity contribution in [2.45, 2.75) is 180 Å². The molecule has 2 amide bonds. The molecule has 0 unspecified atom stereocenters. The van der Waals surface area contributed by atoms with Crippen molar-refractivity contribution in [1.29, 1.82) is 0 Å². The highest BCUT2D eigenvalue weighted by Gasteiger charge is 2.29. The Labute approximate surface area is 206 Å². The van der Waals surface area contributed by atoms with Crippen molar-refractivity contribution in [2.75, 3.05) is 0 Å². The Morgan fingerprint density at radius 3 is 1.21 bits per heavy atom. The lowest BCUT2D eigenvalue weighted by molar-refractivity contribution is -0.148. The molecule has 1 aliphatic carbocycles. The summed E-state index contributed by atoms with van der Waals surface area (Å²) in [6.45, 7) is 4.52. The first-order valence-electron chi connectivity index (χ1n) is 15.1. The lowest BCUT2D eigenvalue weighted by atomic mass is 9.93. The van der Waals surface area contributed by atoms with Crippen LogP contribution in [-0.4, -0.2) is 22.8 Å². The van der Waals surface area contributed by atoms with Gasteiger partial charge in [0.15, 0.2) is 0 Å². The van der Waals surface area contributed by atoms with Crippen molar-refractivity contribution < 1.29 is 9.59 Å². The van der Waals surface area contributed by atoms with Crippen LogP contribution in [0.4, 0.5) is 0 Å². The predicted molar refractivity (Wildman–Crippen MR) is 142 cm³/mol. The number of imide groups is 1. The number of carbonyl (C=O) groups excluding carboxylic acids is 2. The lowest BCUT2D eigenvalue weighted by Gasteiger charge is -2.33. The predicted octanol–water partition coefficient (Wildman–Crippen LogP) is 9.52. The van der Waals surface area contributed by atoms with Crippen LogP contribution in [0.5, 0.6) is 0 Å². The normalized spacial score (nSPS) is 14.5. The van der Waals surface area contributed by atoms with Crippen LogP contribution in [0, 0.1) is 0 Å². The fraction of sp³-hybridized carbons (Fsp3) is 0.933. The Kier molecular flexibility index (Phi) is 19.8. The minimum absolute atomic E-state index is 0.116. The maximum atomic E-state index is 13.1. The van der Waals surface area contributed by atoms with Crippen molar-refractivity contribution >= 4 is 11.8 Å². The molecule has 0 atom stereocenters. The third kappa shape index (κ3) is 15.6. The maximum Gasteiger partial charge on any atom is 0.229 e. The number of hydrogen-bond donors (Lipinski definition) is 0. The van der Waals surface area contributed by atoms with E-state index >= 15 is 0 Å². The Morgan fingerprint density at radius 1 is 0.515 bits per heavy atom. The summed E-state index contributed by atoms with van der Waals surface area (Å²) < 4.78 is 0. The van der Waals surface area contributed by atoms with Gasteiger partial charge < -0.3 is 0 Å². The monoisotopic (exact) mass is 463 g/mol. The number of amides is 2. The second-order valence-electron chi connectivity index (χ2n) is 10.6. The van der Waals surface area contributed by atoms with Crippen LogP contribution in [0.25, 0.3) is 0 Å². The van der Waals surface area contributed by atoms with Gasteiger partial charge in [0.05, 0.1) is 0 Å². The van der Waals surface area contributed by atoms with E-state index in [1.54, 1.807) is 4.90 Å². The molecule has 0 radical (unpaired) electrons. The second-order valence-corrected chi connectivity index (χ2v) is 10.6. The van der Waals surface area contributed by atoms with E-state index in [9.17, 15) is 9.59 Å². The highest BCUT2D eigenvalue weighted by Crippen LogP contribution is 2.25. The zero-order valence-corrected chi connectivity index (χ0v) is 22.5. The molecule has 1 fully saturated rings. The largest absolute Gasteiger partial charge is 0.280 e. The molecule has 0 aromatic heterocycles. The lowest BCUT2D eigenvalue weighted by Crippen LogP contribution is -2.45. The van der Waals surface area contributed by atoms with E-state index < -0.39 is 0 Å². The Balaban J connectivity index is 2.27. The molecule has 1 aliphatic rings. The van der Waals surface area contributed by atoms with Gasteiger partial charge >= 0.3 is 0 Å². The number of unbranched alkanes of at least 4 members (excludes halogenated alkanes) is 16. The van der Waals surface area contributed by atoms with E-state index in [4.69, 9.17) is 0 Å². The van der Waals surface area contributed by atoms with E-state index in [1.807, 2.05) is 0 Å². The van der Waals surface area contributed by atoms with Crippen molar-refractivity contribution in [1.82, 2.24) is 4.90 Å². The highest BCUT2D eigenvalue weighted by atomic mass is 16.2. The molecule has 0 aromatic rings. The summed E-state index contributed by atoms with van der Waals surface area (Å²) in [6.07, 6.45) is 29.4. The van der Waals surface area contributed by atoms with Crippen LogP contribution in [0.2, 0.25) is 0 Å². The van der Waals surface area contributed by atoms with E-state index in [-0.39, 0.29) is 17.9 Å². The fourth-order valence-corrected chi connectivity index (χ4v) is 5.30. The molecule has 0 saturated heterocycles. The fourth-order valence-electron chi connectivity index (χ4n) is 5.30. The third-order valence-corrected chi connectivity index (χ3v) is 7.47. The molecule has 0 spiro atoms. The quantitative estimate of drug-likeness (QED) is 0.159. The van der Waals surface area contributed by atoms with Gasteiger partial charge in [-0.3, -0.25) is 14.5 Å². The molecule has 1 rings (SSSR count). The van der Waals surface area contributed by atoms with E-state index in [0.717, 1.165) is 51.4 Å². The van der Waals surface area contributed by atoms with Crippen LogP contribution in [0.15, 0.2) is 0 Å². The maximum absolute atomic E-state index is 13.1. The van der Waals surface area contributed by atoms with Crippen LogP contribution in [0.3, 0.4) is 0 Å². The Morgan fingerprint density at radius 2 is 0.848 bits per heavy atom. The van der Waals surface area contributed by atoms with Crippen molar-refractivity contribution in [3.8, 4) is 0 Å². The van der Waals surface area contributed by atoms with E-state index in [0.29, 0.717) is 12.8 Å². The van der Waals surface area contributed by atoms with E-state index in [1.165, 1.54) is 96.3 Å². The molecule has 3 nitrogen and oxygen atoms in total. The van der Waals surface area contributed by atoms with Gasteiger partial charge in [0, 0.05) is 18.9 Å². The Bertz CT molecular complexity index is 436. The number of carbonyl (C=O) groups is 2. The minimum Gasteiger partial charge on any atom is -0.280 e. The molecular weight excluding hydrogens is 406 g/mol. The van der Waals surface area contributed by atoms with Crippen molar-refractivity contribution in [3.63, 3.8) is 0 Å². The zero-order valence-electron chi connectivity index (χ0n) is 22.5. The van der Waals surface area contributed by atoms with Gasteiger partial charge in [-0.2, -0.15) is 0 Å². The van der Waals surface area contributed by atoms with Crippen molar-refractivity contribution in [2.24, 2.45) is 0 Å². The standard InChI is InChI=1S/C30H57NO2/c1-3-5-7-9-11-13-15-17-22-26-29(32)31(28-24-20-19-21-25-28)30(33)27-23-18-16-14-12-10-8-6-4-2/h28H,3-27H2,1-2H3. The first-order chi connectivity index (χ1) is 16.2. The smallest absolute Gasteiger partial charge is 0.229 e. The Hall–Kier alpha value is -0.860. The first kappa shape index (κ1) is 30.2. The molecule has 0 bridgehead atoms. The summed E-state index contributed by atoms with van der Waals surface area (Å²) in [5.74, 6) is 0.233. The zero-order chi connectivity index (χ0) is 24.0. The van der Waals surface area contributed by atoms with Gasteiger partial charge in [-0.1, -0.05) is 136 Å². The van der Waals surface area contributed by atoms with E-state index in [2.05, 4.69) is 13.8 Å². The van der Waals surface area contributed by atoms with Gasteiger partial charge in [-0.25, -0.2) is 0 Å². The molecule has 33 heavy (non-hydrogen) atoms. The molecule has 0 aromatic carbocycles. The average Bonchev–Trinajstić information content (AvgIpc) is 2.83. The second kappa shape index (κ2) is 21.7. The first-order valence-corrected chi connectivity index (χ1v) is 15.1. The van der Waals surface area contributed by atoms with Crippen LogP contribution >= 0.6 is 0 Å². The van der Waals surface area contributed by atoms with Gasteiger partial charge in [0.2, 0.25) is 11.8 Å². The molecule has 3 heteroatoms. The summed E-state index contributed by atoms with van der Waals surface area (Å²) in [5.41, 5.74) is 0. The third-order valence-electron chi connectivity index (χ3n) is 7.47. The molecule has 1 saturated carbocycles. The van der Waals surface area contributed by atoms with Gasteiger partial charge in [0.1, 0.15) is 0 Å².